The van der Waals surface area contributed by atoms with E-state index in [1.54, 1.807) is 4.52 Å². The Labute approximate surface area is 132 Å². The number of hydrogen-bond donors (Lipinski definition) is 1. The molecule has 23 heavy (non-hydrogen) atoms. The van der Waals surface area contributed by atoms with Gasteiger partial charge in [-0.2, -0.15) is 0 Å². The van der Waals surface area contributed by atoms with Gasteiger partial charge in [-0.05, 0) is 47.9 Å². The summed E-state index contributed by atoms with van der Waals surface area (Å²) in [5, 5.41) is 4.49. The van der Waals surface area contributed by atoms with Crippen molar-refractivity contribution >= 4 is 5.52 Å². The molecule has 0 aliphatic heterocycles. The molecule has 3 aromatic heterocycles. The zero-order valence-corrected chi connectivity index (χ0v) is 13.1. The second kappa shape index (κ2) is 4.94. The molecule has 3 heterocycles. The summed E-state index contributed by atoms with van der Waals surface area (Å²) in [6.45, 7) is 4.49. The first kappa shape index (κ1) is 14.0. The number of hydrogen-bond acceptors (Lipinski definition) is 3. The molecule has 6 heteroatoms. The molecule has 4 rings (SSSR count). The fourth-order valence-corrected chi connectivity index (χ4v) is 3.36. The van der Waals surface area contributed by atoms with Crippen LogP contribution < -0.4 is 11.2 Å². The van der Waals surface area contributed by atoms with Gasteiger partial charge in [-0.15, -0.1) is 5.10 Å². The summed E-state index contributed by atoms with van der Waals surface area (Å²) in [6.07, 6.45) is 4.52. The lowest BCUT2D eigenvalue weighted by Crippen LogP contribution is -2.28. The molecule has 1 N–H and O–H groups in total. The van der Waals surface area contributed by atoms with E-state index in [2.05, 4.69) is 30.0 Å². The quantitative estimate of drug-likeness (QED) is 0.803. The Bertz CT molecular complexity index is 995. The predicted octanol–water partition coefficient (Wildman–Crippen LogP) is 1.93. The minimum Gasteiger partial charge on any atom is -0.274 e. The minimum absolute atomic E-state index is 0.407. The van der Waals surface area contributed by atoms with Gasteiger partial charge in [0.15, 0.2) is 5.82 Å². The fourth-order valence-electron chi connectivity index (χ4n) is 3.36. The zero-order chi connectivity index (χ0) is 16.1. The van der Waals surface area contributed by atoms with E-state index in [4.69, 9.17) is 0 Å². The molecular formula is C17H18N4O2. The van der Waals surface area contributed by atoms with Gasteiger partial charge in [-0.1, -0.05) is 13.8 Å². The van der Waals surface area contributed by atoms with Crippen molar-refractivity contribution in [2.75, 3.05) is 0 Å². The molecule has 0 radical (unpaired) electrons. The maximum absolute atomic E-state index is 12.0. The van der Waals surface area contributed by atoms with Crippen molar-refractivity contribution in [2.24, 2.45) is 11.8 Å². The van der Waals surface area contributed by atoms with Gasteiger partial charge in [0.2, 0.25) is 0 Å². The summed E-state index contributed by atoms with van der Waals surface area (Å²) in [7, 11) is 0. The lowest BCUT2D eigenvalue weighted by molar-refractivity contribution is 0.548. The number of H-pyrrole nitrogens is 1. The molecule has 0 bridgehead atoms. The molecule has 0 spiro atoms. The van der Waals surface area contributed by atoms with Crippen molar-refractivity contribution in [3.05, 3.63) is 63.1 Å². The third kappa shape index (κ3) is 2.30. The fraction of sp³-hybridized carbons (Fsp3) is 0.353. The van der Waals surface area contributed by atoms with Crippen LogP contribution in [0.5, 0.6) is 0 Å². The van der Waals surface area contributed by atoms with E-state index in [0.29, 0.717) is 23.6 Å². The van der Waals surface area contributed by atoms with Gasteiger partial charge in [0.05, 0.1) is 5.52 Å². The number of nitrogens with zero attached hydrogens (tertiary/aromatic N) is 3. The largest absolute Gasteiger partial charge is 0.334 e. The van der Waals surface area contributed by atoms with E-state index in [9.17, 15) is 9.59 Å². The maximum Gasteiger partial charge on any atom is 0.334 e. The summed E-state index contributed by atoms with van der Waals surface area (Å²) in [5.74, 6) is 2.35. The molecule has 1 fully saturated rings. The van der Waals surface area contributed by atoms with Crippen molar-refractivity contribution < 1.29 is 0 Å². The monoisotopic (exact) mass is 310 g/mol. The summed E-state index contributed by atoms with van der Waals surface area (Å²) >= 11 is 0. The van der Waals surface area contributed by atoms with E-state index < -0.39 is 11.2 Å². The van der Waals surface area contributed by atoms with Gasteiger partial charge in [0.25, 0.3) is 5.56 Å². The predicted molar refractivity (Wildman–Crippen MR) is 87.1 cm³/mol. The van der Waals surface area contributed by atoms with Crippen molar-refractivity contribution in [2.45, 2.75) is 26.2 Å². The Morgan fingerprint density at radius 1 is 1.26 bits per heavy atom. The number of fused-ring (bicyclic) bond motifs is 1. The van der Waals surface area contributed by atoms with Crippen LogP contribution in [0, 0.1) is 11.8 Å². The number of aromatic amines is 1. The van der Waals surface area contributed by atoms with Crippen molar-refractivity contribution in [3.8, 4) is 5.82 Å². The van der Waals surface area contributed by atoms with Crippen LogP contribution in [0.4, 0.5) is 0 Å². The third-order valence-corrected chi connectivity index (χ3v) is 4.69. The molecule has 1 aliphatic rings. The summed E-state index contributed by atoms with van der Waals surface area (Å²) in [6, 6.07) is 7.31. The van der Waals surface area contributed by atoms with Gasteiger partial charge >= 0.3 is 5.69 Å². The topological polar surface area (TPSA) is 72.2 Å². The highest BCUT2D eigenvalue weighted by Gasteiger charge is 2.41. The molecular weight excluding hydrogens is 292 g/mol. The number of aromatic nitrogens is 4. The van der Waals surface area contributed by atoms with Crippen molar-refractivity contribution in [1.82, 2.24) is 19.2 Å². The lowest BCUT2D eigenvalue weighted by Gasteiger charge is -2.10. The first-order valence-corrected chi connectivity index (χ1v) is 7.85. The normalized spacial score (nSPS) is 20.3. The van der Waals surface area contributed by atoms with Crippen LogP contribution in [0.25, 0.3) is 11.3 Å². The van der Waals surface area contributed by atoms with E-state index in [0.717, 1.165) is 5.52 Å². The van der Waals surface area contributed by atoms with E-state index in [-0.39, 0.29) is 0 Å². The smallest absolute Gasteiger partial charge is 0.274 e. The first-order valence-electron chi connectivity index (χ1n) is 7.85. The second-order valence-corrected chi connectivity index (χ2v) is 6.53. The van der Waals surface area contributed by atoms with E-state index in [1.807, 2.05) is 18.3 Å². The van der Waals surface area contributed by atoms with E-state index >= 15 is 0 Å². The Morgan fingerprint density at radius 3 is 2.78 bits per heavy atom. The third-order valence-electron chi connectivity index (χ3n) is 4.69. The van der Waals surface area contributed by atoms with Gasteiger partial charge in [0, 0.05) is 18.5 Å². The standard InChI is InChI=1S/C17H18N4O2/c1-10(2)11-8-12(11)13-9-15(19-21-6-3-4-14(13)21)20-7-5-16(22)18-17(20)23/h3-7,9-12H,8H2,1-2H3,(H,18,22,23)/t11-,12+/m1/s1. The number of rotatable bonds is 3. The van der Waals surface area contributed by atoms with Crippen LogP contribution >= 0.6 is 0 Å². The van der Waals surface area contributed by atoms with Crippen molar-refractivity contribution in [1.29, 1.82) is 0 Å². The molecule has 0 aromatic carbocycles. The van der Waals surface area contributed by atoms with Gasteiger partial charge in [-0.3, -0.25) is 14.3 Å². The van der Waals surface area contributed by atoms with Gasteiger partial charge < -0.3 is 0 Å². The lowest BCUT2D eigenvalue weighted by atomic mass is 10.0. The van der Waals surface area contributed by atoms with Crippen molar-refractivity contribution in [3.63, 3.8) is 0 Å². The Hall–Kier alpha value is -2.63. The second-order valence-electron chi connectivity index (χ2n) is 6.53. The summed E-state index contributed by atoms with van der Waals surface area (Å²) < 4.78 is 3.18. The Balaban J connectivity index is 1.89. The highest BCUT2D eigenvalue weighted by atomic mass is 16.2. The van der Waals surface area contributed by atoms with Crippen LogP contribution in [-0.2, 0) is 0 Å². The molecule has 0 amide bonds. The number of nitrogens with one attached hydrogen (secondary N) is 1. The van der Waals surface area contributed by atoms with Crippen LogP contribution in [0.1, 0.15) is 31.7 Å². The van der Waals surface area contributed by atoms with Crippen LogP contribution in [-0.4, -0.2) is 19.2 Å². The molecule has 2 atom stereocenters. The molecule has 1 saturated carbocycles. The Kier molecular flexibility index (Phi) is 3.01. The first-order chi connectivity index (χ1) is 11.0. The molecule has 0 unspecified atom stereocenters. The van der Waals surface area contributed by atoms with Gasteiger partial charge in [0.1, 0.15) is 0 Å². The van der Waals surface area contributed by atoms with Crippen LogP contribution in [0.3, 0.4) is 0 Å². The summed E-state index contributed by atoms with van der Waals surface area (Å²) in [5.41, 5.74) is 1.42. The molecule has 118 valence electrons. The van der Waals surface area contributed by atoms with Gasteiger partial charge in [-0.25, -0.2) is 9.31 Å². The molecule has 3 aromatic rings. The summed E-state index contributed by atoms with van der Waals surface area (Å²) in [4.78, 5) is 25.6. The SMILES string of the molecule is CC(C)[C@H]1C[C@@H]1c1cc(-n2ccc(=O)[nH]c2=O)nn2cccc12. The minimum atomic E-state index is -0.473. The Morgan fingerprint density at radius 2 is 2.09 bits per heavy atom. The average Bonchev–Trinajstić information content (AvgIpc) is 3.16. The zero-order valence-electron chi connectivity index (χ0n) is 13.1. The molecule has 0 saturated heterocycles. The maximum atomic E-state index is 12.0. The highest BCUT2D eigenvalue weighted by Crippen LogP contribution is 2.52. The highest BCUT2D eigenvalue weighted by molar-refractivity contribution is 5.59. The van der Waals surface area contributed by atoms with E-state index in [1.165, 1.54) is 28.8 Å². The average molecular weight is 310 g/mol. The van der Waals surface area contributed by atoms with Crippen LogP contribution in [0.15, 0.2) is 46.2 Å². The van der Waals surface area contributed by atoms with Crippen LogP contribution in [0.2, 0.25) is 0 Å². The molecule has 6 nitrogen and oxygen atoms in total. The molecule has 1 aliphatic carbocycles.